The smallest absolute Gasteiger partial charge is 0.258 e. The summed E-state index contributed by atoms with van der Waals surface area (Å²) in [5, 5.41) is 10.7. The standard InChI is InChI=1S/C12H17ClN2O4S2/c1-12(5-3-2-4-6-12)8-14-21(18,19)10-7-9(15(16)17)11(13)20-10/h7,14H,2-6,8H2,1H3. The number of hydrogen-bond acceptors (Lipinski definition) is 5. The number of hydrogen-bond donors (Lipinski definition) is 1. The van der Waals surface area contributed by atoms with Crippen molar-refractivity contribution in [3.63, 3.8) is 0 Å². The summed E-state index contributed by atoms with van der Waals surface area (Å²) in [5.41, 5.74) is -0.413. The molecule has 0 radical (unpaired) electrons. The third-order valence-corrected chi connectivity index (χ3v) is 7.07. The van der Waals surface area contributed by atoms with Crippen LogP contribution in [0.4, 0.5) is 5.69 Å². The van der Waals surface area contributed by atoms with E-state index in [0.29, 0.717) is 17.9 Å². The van der Waals surface area contributed by atoms with E-state index in [1.807, 2.05) is 0 Å². The zero-order valence-corrected chi connectivity index (χ0v) is 14.0. The van der Waals surface area contributed by atoms with Crippen molar-refractivity contribution in [3.8, 4) is 0 Å². The molecular formula is C12H17ClN2O4S2. The summed E-state index contributed by atoms with van der Waals surface area (Å²) in [4.78, 5) is 10.1. The van der Waals surface area contributed by atoms with E-state index >= 15 is 0 Å². The van der Waals surface area contributed by atoms with Crippen molar-refractivity contribution in [2.24, 2.45) is 5.41 Å². The van der Waals surface area contributed by atoms with E-state index in [1.165, 1.54) is 6.42 Å². The molecule has 1 aromatic rings. The maximum atomic E-state index is 12.2. The fourth-order valence-electron chi connectivity index (χ4n) is 2.52. The Balaban J connectivity index is 2.11. The van der Waals surface area contributed by atoms with Crippen molar-refractivity contribution in [3.05, 3.63) is 20.5 Å². The Hall–Kier alpha value is -0.700. The summed E-state index contributed by atoms with van der Waals surface area (Å²) < 4.78 is 26.8. The molecule has 0 saturated heterocycles. The van der Waals surface area contributed by atoms with Gasteiger partial charge in [-0.1, -0.05) is 37.8 Å². The minimum Gasteiger partial charge on any atom is -0.258 e. The van der Waals surface area contributed by atoms with Gasteiger partial charge in [-0.3, -0.25) is 10.1 Å². The second-order valence-electron chi connectivity index (χ2n) is 5.68. The molecule has 1 heterocycles. The van der Waals surface area contributed by atoms with E-state index in [-0.39, 0.29) is 19.6 Å². The highest BCUT2D eigenvalue weighted by atomic mass is 35.5. The Morgan fingerprint density at radius 1 is 1.43 bits per heavy atom. The summed E-state index contributed by atoms with van der Waals surface area (Å²) in [7, 11) is -3.75. The van der Waals surface area contributed by atoms with Crippen LogP contribution in [0.3, 0.4) is 0 Å². The first-order valence-corrected chi connectivity index (χ1v) is 9.35. The largest absolute Gasteiger partial charge is 0.300 e. The first-order chi connectivity index (χ1) is 9.73. The van der Waals surface area contributed by atoms with Crippen LogP contribution in [0.25, 0.3) is 0 Å². The molecule has 0 unspecified atom stereocenters. The van der Waals surface area contributed by atoms with Gasteiger partial charge in [0.1, 0.15) is 4.21 Å². The second kappa shape index (κ2) is 6.20. The van der Waals surface area contributed by atoms with Crippen LogP contribution >= 0.6 is 22.9 Å². The number of rotatable bonds is 5. The molecule has 0 amide bonds. The van der Waals surface area contributed by atoms with Gasteiger partial charge in [0.15, 0.2) is 4.34 Å². The van der Waals surface area contributed by atoms with E-state index < -0.39 is 14.9 Å². The predicted octanol–water partition coefficient (Wildman–Crippen LogP) is 3.56. The molecular weight excluding hydrogens is 336 g/mol. The highest BCUT2D eigenvalue weighted by Gasteiger charge is 2.30. The topological polar surface area (TPSA) is 89.3 Å². The molecule has 9 heteroatoms. The molecule has 118 valence electrons. The van der Waals surface area contributed by atoms with E-state index in [1.54, 1.807) is 0 Å². The highest BCUT2D eigenvalue weighted by molar-refractivity contribution is 7.91. The molecule has 6 nitrogen and oxygen atoms in total. The lowest BCUT2D eigenvalue weighted by molar-refractivity contribution is -0.384. The summed E-state index contributed by atoms with van der Waals surface area (Å²) in [5.74, 6) is 0. The van der Waals surface area contributed by atoms with Crippen molar-refractivity contribution in [1.29, 1.82) is 0 Å². The van der Waals surface area contributed by atoms with Gasteiger partial charge in [-0.15, -0.1) is 11.3 Å². The maximum absolute atomic E-state index is 12.2. The molecule has 21 heavy (non-hydrogen) atoms. The lowest BCUT2D eigenvalue weighted by Crippen LogP contribution is -2.36. The number of nitrogens with zero attached hydrogens (tertiary/aromatic N) is 1. The van der Waals surface area contributed by atoms with Crippen molar-refractivity contribution >= 4 is 38.6 Å². The Bertz CT molecular complexity index is 636. The van der Waals surface area contributed by atoms with Gasteiger partial charge in [0.25, 0.3) is 5.69 Å². The number of nitro groups is 1. The average molecular weight is 353 g/mol. The van der Waals surface area contributed by atoms with Gasteiger partial charge < -0.3 is 0 Å². The van der Waals surface area contributed by atoms with Gasteiger partial charge in [-0.25, -0.2) is 13.1 Å². The SMILES string of the molecule is CC1(CNS(=O)(=O)c2cc([N+](=O)[O-])c(Cl)s2)CCCCC1. The van der Waals surface area contributed by atoms with Crippen LogP contribution in [-0.4, -0.2) is 19.9 Å². The molecule has 2 rings (SSSR count). The normalized spacial score (nSPS) is 18.6. The zero-order chi connectivity index (χ0) is 15.7. The van der Waals surface area contributed by atoms with Crippen molar-refractivity contribution in [2.45, 2.75) is 43.2 Å². The number of nitrogens with one attached hydrogen (secondary N) is 1. The Morgan fingerprint density at radius 2 is 2.05 bits per heavy atom. The van der Waals surface area contributed by atoms with E-state index in [9.17, 15) is 18.5 Å². The second-order valence-corrected chi connectivity index (χ2v) is 9.33. The fourth-order valence-corrected chi connectivity index (χ4v) is 5.43. The molecule has 1 aliphatic rings. The third-order valence-electron chi connectivity index (χ3n) is 3.86. The van der Waals surface area contributed by atoms with Gasteiger partial charge in [0, 0.05) is 12.6 Å². The first kappa shape index (κ1) is 16.7. The molecule has 0 spiro atoms. The molecule has 0 aromatic carbocycles. The van der Waals surface area contributed by atoms with Crippen molar-refractivity contribution < 1.29 is 13.3 Å². The van der Waals surface area contributed by atoms with E-state index in [4.69, 9.17) is 11.6 Å². The summed E-state index contributed by atoms with van der Waals surface area (Å²) in [6.45, 7) is 2.41. The lowest BCUT2D eigenvalue weighted by atomic mass is 9.76. The monoisotopic (exact) mass is 352 g/mol. The lowest BCUT2D eigenvalue weighted by Gasteiger charge is -2.33. The van der Waals surface area contributed by atoms with Crippen LogP contribution in [0.2, 0.25) is 4.34 Å². The minimum absolute atomic E-state index is 0.0433. The number of thiophene rings is 1. The third kappa shape index (κ3) is 3.94. The van der Waals surface area contributed by atoms with Crippen molar-refractivity contribution in [2.75, 3.05) is 6.54 Å². The Labute approximate surface area is 132 Å². The van der Waals surface area contributed by atoms with Gasteiger partial charge >= 0.3 is 0 Å². The van der Waals surface area contributed by atoms with E-state index in [0.717, 1.165) is 31.7 Å². The molecule has 0 atom stereocenters. The van der Waals surface area contributed by atoms with Gasteiger partial charge in [0.05, 0.1) is 4.92 Å². The van der Waals surface area contributed by atoms with Gasteiger partial charge in [-0.2, -0.15) is 0 Å². The quantitative estimate of drug-likeness (QED) is 0.648. The molecule has 1 N–H and O–H groups in total. The molecule has 0 bridgehead atoms. The Kier molecular flexibility index (Phi) is 4.92. The average Bonchev–Trinajstić information content (AvgIpc) is 2.81. The van der Waals surface area contributed by atoms with Crippen LogP contribution in [0, 0.1) is 15.5 Å². The molecule has 1 aromatic heterocycles. The van der Waals surface area contributed by atoms with Crippen LogP contribution in [0.15, 0.2) is 10.3 Å². The molecule has 1 saturated carbocycles. The van der Waals surface area contributed by atoms with Crippen LogP contribution in [0.1, 0.15) is 39.0 Å². The Morgan fingerprint density at radius 3 is 2.57 bits per heavy atom. The molecule has 0 aliphatic heterocycles. The molecule has 1 fully saturated rings. The summed E-state index contributed by atoms with van der Waals surface area (Å²) in [6.07, 6.45) is 5.37. The maximum Gasteiger partial charge on any atom is 0.300 e. The summed E-state index contributed by atoms with van der Waals surface area (Å²) >= 11 is 6.42. The van der Waals surface area contributed by atoms with Crippen LogP contribution < -0.4 is 4.72 Å². The molecule has 1 aliphatic carbocycles. The van der Waals surface area contributed by atoms with Crippen LogP contribution in [-0.2, 0) is 10.0 Å². The van der Waals surface area contributed by atoms with E-state index in [2.05, 4.69) is 11.6 Å². The minimum atomic E-state index is -3.75. The van der Waals surface area contributed by atoms with Crippen LogP contribution in [0.5, 0.6) is 0 Å². The first-order valence-electron chi connectivity index (χ1n) is 6.67. The predicted molar refractivity (Wildman–Crippen MR) is 82.4 cm³/mol. The van der Waals surface area contributed by atoms with Crippen molar-refractivity contribution in [1.82, 2.24) is 4.72 Å². The fraction of sp³-hybridized carbons (Fsp3) is 0.667. The number of sulfonamides is 1. The van der Waals surface area contributed by atoms with Gasteiger partial charge in [-0.05, 0) is 18.3 Å². The number of halogens is 1. The zero-order valence-electron chi connectivity index (χ0n) is 11.6. The summed E-state index contributed by atoms with van der Waals surface area (Å²) in [6, 6.07) is 1.01. The van der Waals surface area contributed by atoms with Gasteiger partial charge in [0.2, 0.25) is 10.0 Å². The highest BCUT2D eigenvalue weighted by Crippen LogP contribution is 2.38.